The molecule has 3 rings (SSSR count). The predicted octanol–water partition coefficient (Wildman–Crippen LogP) is 5.75. The highest BCUT2D eigenvalue weighted by Gasteiger charge is 2.17. The van der Waals surface area contributed by atoms with Crippen LogP contribution < -0.4 is 4.74 Å². The van der Waals surface area contributed by atoms with Gasteiger partial charge < -0.3 is 4.74 Å². The highest BCUT2D eigenvalue weighted by molar-refractivity contribution is 5.91. The molecule has 0 N–H and O–H groups in total. The second-order valence-electron chi connectivity index (χ2n) is 6.33. The highest BCUT2D eigenvalue weighted by atomic mass is 16.5. The molecule has 1 nitrogen and oxygen atoms in total. The first-order valence-corrected chi connectivity index (χ1v) is 8.52. The fourth-order valence-electron chi connectivity index (χ4n) is 3.49. The molecular weight excluding hydrogens is 256 g/mol. The van der Waals surface area contributed by atoms with Gasteiger partial charge in [-0.3, -0.25) is 0 Å². The van der Waals surface area contributed by atoms with Crippen molar-refractivity contribution in [1.82, 2.24) is 0 Å². The molecule has 0 spiro atoms. The van der Waals surface area contributed by atoms with Crippen LogP contribution in [0.1, 0.15) is 51.0 Å². The van der Waals surface area contributed by atoms with Gasteiger partial charge in [0.1, 0.15) is 5.75 Å². The van der Waals surface area contributed by atoms with Gasteiger partial charge in [0.15, 0.2) is 0 Å². The van der Waals surface area contributed by atoms with E-state index in [0.717, 1.165) is 24.7 Å². The Morgan fingerprint density at radius 3 is 2.52 bits per heavy atom. The summed E-state index contributed by atoms with van der Waals surface area (Å²) in [7, 11) is 0. The topological polar surface area (TPSA) is 9.23 Å². The van der Waals surface area contributed by atoms with Crippen molar-refractivity contribution >= 4 is 10.8 Å². The van der Waals surface area contributed by atoms with E-state index in [0.29, 0.717) is 0 Å². The zero-order valence-electron chi connectivity index (χ0n) is 13.1. The first kappa shape index (κ1) is 14.4. The Morgan fingerprint density at radius 2 is 1.76 bits per heavy atom. The lowest BCUT2D eigenvalue weighted by molar-refractivity contribution is 0.313. The molecule has 2 aromatic rings. The van der Waals surface area contributed by atoms with Crippen molar-refractivity contribution in [3.8, 4) is 5.75 Å². The van der Waals surface area contributed by atoms with Crippen LogP contribution in [0.15, 0.2) is 36.4 Å². The van der Waals surface area contributed by atoms with E-state index in [1.165, 1.54) is 54.9 Å². The van der Waals surface area contributed by atoms with Crippen LogP contribution in [0, 0.1) is 5.92 Å². The van der Waals surface area contributed by atoms with Crippen LogP contribution in [0.5, 0.6) is 5.75 Å². The first-order chi connectivity index (χ1) is 10.4. The van der Waals surface area contributed by atoms with Crippen LogP contribution in [-0.4, -0.2) is 6.61 Å². The van der Waals surface area contributed by atoms with Crippen LogP contribution in [0.3, 0.4) is 0 Å². The normalized spacial score (nSPS) is 15.7. The lowest BCUT2D eigenvalue weighted by atomic mass is 9.93. The summed E-state index contributed by atoms with van der Waals surface area (Å²) >= 11 is 0. The molecule has 0 radical (unpaired) electrons. The monoisotopic (exact) mass is 282 g/mol. The Bertz CT molecular complexity index is 581. The van der Waals surface area contributed by atoms with Gasteiger partial charge in [0.05, 0.1) is 6.61 Å². The lowest BCUT2D eigenvalue weighted by Gasteiger charge is -2.15. The number of hydrogen-bond donors (Lipinski definition) is 0. The van der Waals surface area contributed by atoms with E-state index in [1.54, 1.807) is 0 Å². The van der Waals surface area contributed by atoms with Crippen LogP contribution in [-0.2, 0) is 6.42 Å². The molecule has 1 saturated carbocycles. The van der Waals surface area contributed by atoms with Gasteiger partial charge in [-0.1, -0.05) is 69.4 Å². The number of rotatable bonds is 6. The Hall–Kier alpha value is -1.50. The van der Waals surface area contributed by atoms with Gasteiger partial charge in [-0.15, -0.1) is 0 Å². The molecule has 112 valence electrons. The molecule has 0 bridgehead atoms. The Labute approximate surface area is 128 Å². The summed E-state index contributed by atoms with van der Waals surface area (Å²) in [4.78, 5) is 0. The van der Waals surface area contributed by atoms with Gasteiger partial charge in [0.25, 0.3) is 0 Å². The van der Waals surface area contributed by atoms with Crippen LogP contribution in [0.25, 0.3) is 10.8 Å². The Balaban J connectivity index is 1.86. The van der Waals surface area contributed by atoms with Crippen molar-refractivity contribution in [3.63, 3.8) is 0 Å². The maximum atomic E-state index is 5.98. The van der Waals surface area contributed by atoms with Crippen LogP contribution in [0.4, 0.5) is 0 Å². The first-order valence-electron chi connectivity index (χ1n) is 8.52. The van der Waals surface area contributed by atoms with Gasteiger partial charge in [-0.05, 0) is 35.8 Å². The zero-order chi connectivity index (χ0) is 14.5. The van der Waals surface area contributed by atoms with Gasteiger partial charge in [-0.25, -0.2) is 0 Å². The second-order valence-corrected chi connectivity index (χ2v) is 6.33. The van der Waals surface area contributed by atoms with E-state index in [4.69, 9.17) is 4.74 Å². The fraction of sp³-hybridized carbons (Fsp3) is 0.500. The minimum Gasteiger partial charge on any atom is -0.493 e. The van der Waals surface area contributed by atoms with Crippen molar-refractivity contribution < 1.29 is 4.74 Å². The quantitative estimate of drug-likeness (QED) is 0.613. The molecule has 1 aliphatic rings. The summed E-state index contributed by atoms with van der Waals surface area (Å²) < 4.78 is 5.98. The summed E-state index contributed by atoms with van der Waals surface area (Å²) in [6.07, 6.45) is 9.18. The summed E-state index contributed by atoms with van der Waals surface area (Å²) in [5.74, 6) is 1.94. The second kappa shape index (κ2) is 6.98. The van der Waals surface area contributed by atoms with E-state index in [1.807, 2.05) is 0 Å². The molecule has 1 aliphatic carbocycles. The molecule has 0 heterocycles. The van der Waals surface area contributed by atoms with Crippen molar-refractivity contribution in [2.75, 3.05) is 6.61 Å². The SMILES string of the molecule is CCCCOc1ccc(CC2CCCC2)c2ccccc12. The van der Waals surface area contributed by atoms with Crippen molar-refractivity contribution in [1.29, 1.82) is 0 Å². The summed E-state index contributed by atoms with van der Waals surface area (Å²) in [6, 6.07) is 13.2. The van der Waals surface area contributed by atoms with E-state index in [9.17, 15) is 0 Å². The maximum Gasteiger partial charge on any atom is 0.127 e. The standard InChI is InChI=1S/C20H26O/c1-2-3-14-21-20-13-12-17(15-16-8-4-5-9-16)18-10-6-7-11-19(18)20/h6-7,10-13,16H,2-5,8-9,14-15H2,1H3. The maximum absolute atomic E-state index is 5.98. The van der Waals surface area contributed by atoms with E-state index < -0.39 is 0 Å². The zero-order valence-corrected chi connectivity index (χ0v) is 13.1. The number of ether oxygens (including phenoxy) is 1. The Morgan fingerprint density at radius 1 is 1.00 bits per heavy atom. The minimum atomic E-state index is 0.822. The van der Waals surface area contributed by atoms with Crippen molar-refractivity contribution in [3.05, 3.63) is 42.0 Å². The smallest absolute Gasteiger partial charge is 0.127 e. The third kappa shape index (κ3) is 3.40. The number of unbranched alkanes of at least 4 members (excludes halogenated alkanes) is 1. The van der Waals surface area contributed by atoms with Gasteiger partial charge in [0.2, 0.25) is 0 Å². The van der Waals surface area contributed by atoms with Crippen LogP contribution >= 0.6 is 0 Å². The van der Waals surface area contributed by atoms with E-state index >= 15 is 0 Å². The average molecular weight is 282 g/mol. The molecule has 0 aromatic heterocycles. The lowest BCUT2D eigenvalue weighted by Crippen LogP contribution is -2.01. The Kier molecular flexibility index (Phi) is 4.80. The molecule has 0 amide bonds. The van der Waals surface area contributed by atoms with Crippen molar-refractivity contribution in [2.24, 2.45) is 5.92 Å². The van der Waals surface area contributed by atoms with Gasteiger partial charge >= 0.3 is 0 Å². The molecule has 0 saturated heterocycles. The van der Waals surface area contributed by atoms with E-state index in [-0.39, 0.29) is 0 Å². The molecule has 21 heavy (non-hydrogen) atoms. The molecule has 1 fully saturated rings. The van der Waals surface area contributed by atoms with E-state index in [2.05, 4.69) is 43.3 Å². The number of fused-ring (bicyclic) bond motifs is 1. The van der Waals surface area contributed by atoms with Gasteiger partial charge in [-0.2, -0.15) is 0 Å². The fourth-order valence-corrected chi connectivity index (χ4v) is 3.49. The molecule has 0 unspecified atom stereocenters. The van der Waals surface area contributed by atoms with Crippen LogP contribution in [0.2, 0.25) is 0 Å². The summed E-state index contributed by atoms with van der Waals surface area (Å²) in [5, 5.41) is 2.67. The number of hydrogen-bond acceptors (Lipinski definition) is 1. The molecule has 0 atom stereocenters. The average Bonchev–Trinajstić information content (AvgIpc) is 3.02. The highest BCUT2D eigenvalue weighted by Crippen LogP contribution is 2.33. The third-order valence-electron chi connectivity index (χ3n) is 4.71. The predicted molar refractivity (Wildman–Crippen MR) is 90.0 cm³/mol. The van der Waals surface area contributed by atoms with Crippen molar-refractivity contribution in [2.45, 2.75) is 51.9 Å². The summed E-state index contributed by atoms with van der Waals surface area (Å²) in [5.41, 5.74) is 1.50. The minimum absolute atomic E-state index is 0.822. The molecular formula is C20H26O. The molecule has 1 heteroatoms. The molecule has 0 aliphatic heterocycles. The summed E-state index contributed by atoms with van der Waals surface area (Å²) in [6.45, 7) is 3.02. The van der Waals surface area contributed by atoms with Gasteiger partial charge in [0, 0.05) is 5.39 Å². The molecule has 2 aromatic carbocycles. The number of benzene rings is 2. The third-order valence-corrected chi connectivity index (χ3v) is 4.71. The largest absolute Gasteiger partial charge is 0.493 e.